The monoisotopic (exact) mass is 341 g/mol. The molecule has 122 valence electrons. The molecule has 6 nitrogen and oxygen atoms in total. The van der Waals surface area contributed by atoms with Gasteiger partial charge in [-0.15, -0.1) is 0 Å². The summed E-state index contributed by atoms with van der Waals surface area (Å²) >= 11 is 5.26. The van der Waals surface area contributed by atoms with Gasteiger partial charge in [-0.2, -0.15) is 0 Å². The van der Waals surface area contributed by atoms with Gasteiger partial charge in [0, 0.05) is 5.56 Å². The summed E-state index contributed by atoms with van der Waals surface area (Å²) in [6, 6.07) is 11.5. The first kappa shape index (κ1) is 15.9. The van der Waals surface area contributed by atoms with Gasteiger partial charge in [0.2, 0.25) is 0 Å². The summed E-state index contributed by atoms with van der Waals surface area (Å²) in [6.45, 7) is 0.246. The molecule has 0 aliphatic carbocycles. The molecule has 1 N–H and O–H groups in total. The van der Waals surface area contributed by atoms with Gasteiger partial charge in [0.25, 0.3) is 5.56 Å². The van der Waals surface area contributed by atoms with E-state index < -0.39 is 5.97 Å². The van der Waals surface area contributed by atoms with Crippen LogP contribution in [0.4, 0.5) is 0 Å². The Hall–Kier alpha value is -2.93. The van der Waals surface area contributed by atoms with Gasteiger partial charge < -0.3 is 19.6 Å². The topological polar surface area (TPSA) is 87.2 Å². The minimum atomic E-state index is -1.31. The molecule has 3 rings (SSSR count). The number of nitrogens with zero attached hydrogens (tertiary/aromatic N) is 1. The normalized spacial score (nSPS) is 10.7. The SMILES string of the molecule is COc1ccccc1Cn1c(=S)[nH]c2cc(C(=O)[O-])ccc2c1=O. The van der Waals surface area contributed by atoms with Crippen molar-refractivity contribution < 1.29 is 14.6 Å². The summed E-state index contributed by atoms with van der Waals surface area (Å²) in [7, 11) is 1.56. The second kappa shape index (κ2) is 6.29. The molecular weight excluding hydrogens is 328 g/mol. The van der Waals surface area contributed by atoms with Crippen LogP contribution in [-0.4, -0.2) is 22.6 Å². The molecular formula is C17H13N2O4S-. The molecule has 0 bridgehead atoms. The summed E-state index contributed by atoms with van der Waals surface area (Å²) in [4.78, 5) is 26.5. The quantitative estimate of drug-likeness (QED) is 0.726. The third-order valence-electron chi connectivity index (χ3n) is 3.74. The number of hydrogen-bond donors (Lipinski definition) is 1. The molecule has 3 aromatic rings. The fourth-order valence-corrected chi connectivity index (χ4v) is 2.79. The van der Waals surface area contributed by atoms with Crippen molar-refractivity contribution in [1.82, 2.24) is 9.55 Å². The van der Waals surface area contributed by atoms with Gasteiger partial charge in [0.1, 0.15) is 5.75 Å². The number of aromatic amines is 1. The van der Waals surface area contributed by atoms with Crippen LogP contribution in [0.2, 0.25) is 0 Å². The van der Waals surface area contributed by atoms with Gasteiger partial charge in [-0.05, 0) is 36.0 Å². The molecule has 0 unspecified atom stereocenters. The number of para-hydroxylation sites is 1. The zero-order chi connectivity index (χ0) is 17.3. The summed E-state index contributed by atoms with van der Waals surface area (Å²) in [5.41, 5.74) is 0.856. The number of carbonyl (C=O) groups excluding carboxylic acids is 1. The first-order valence-electron chi connectivity index (χ1n) is 7.11. The number of aromatic nitrogens is 2. The number of nitrogens with one attached hydrogen (secondary N) is 1. The summed E-state index contributed by atoms with van der Waals surface area (Å²) in [6.07, 6.45) is 0. The summed E-state index contributed by atoms with van der Waals surface area (Å²) in [5.74, 6) is -0.652. The van der Waals surface area contributed by atoms with Crippen molar-refractivity contribution in [2.75, 3.05) is 7.11 Å². The van der Waals surface area contributed by atoms with Crippen molar-refractivity contribution in [3.63, 3.8) is 0 Å². The molecule has 0 atom stereocenters. The lowest BCUT2D eigenvalue weighted by Crippen LogP contribution is -2.24. The minimum absolute atomic E-state index is 0.0185. The first-order chi connectivity index (χ1) is 11.5. The van der Waals surface area contributed by atoms with Crippen LogP contribution >= 0.6 is 12.2 Å². The lowest BCUT2D eigenvalue weighted by Gasteiger charge is -2.12. The number of carboxylic acid groups (broad SMARTS) is 1. The highest BCUT2D eigenvalue weighted by Crippen LogP contribution is 2.18. The van der Waals surface area contributed by atoms with E-state index in [-0.39, 0.29) is 22.4 Å². The van der Waals surface area contributed by atoms with Crippen molar-refractivity contribution in [2.45, 2.75) is 6.54 Å². The van der Waals surface area contributed by atoms with Crippen molar-refractivity contribution >= 4 is 29.1 Å². The van der Waals surface area contributed by atoms with E-state index in [0.717, 1.165) is 5.56 Å². The second-order valence-electron chi connectivity index (χ2n) is 5.18. The van der Waals surface area contributed by atoms with Gasteiger partial charge in [-0.25, -0.2) is 0 Å². The van der Waals surface area contributed by atoms with Crippen LogP contribution in [0, 0.1) is 4.77 Å². The number of carbonyl (C=O) groups is 1. The van der Waals surface area contributed by atoms with E-state index in [1.807, 2.05) is 18.2 Å². The zero-order valence-corrected chi connectivity index (χ0v) is 13.6. The lowest BCUT2D eigenvalue weighted by molar-refractivity contribution is -0.255. The summed E-state index contributed by atoms with van der Waals surface area (Å²) < 4.78 is 6.91. The Morgan fingerprint density at radius 2 is 2.04 bits per heavy atom. The van der Waals surface area contributed by atoms with E-state index in [0.29, 0.717) is 16.7 Å². The number of methoxy groups -OCH3 is 1. The van der Waals surface area contributed by atoms with E-state index in [2.05, 4.69) is 4.98 Å². The van der Waals surface area contributed by atoms with Crippen LogP contribution in [0.15, 0.2) is 47.3 Å². The van der Waals surface area contributed by atoms with Crippen molar-refractivity contribution in [3.05, 3.63) is 68.7 Å². The molecule has 0 spiro atoms. The third kappa shape index (κ3) is 2.81. The van der Waals surface area contributed by atoms with Crippen LogP contribution in [0.25, 0.3) is 10.9 Å². The average molecular weight is 341 g/mol. The fraction of sp³-hybridized carbons (Fsp3) is 0.118. The average Bonchev–Trinajstić information content (AvgIpc) is 2.58. The minimum Gasteiger partial charge on any atom is -0.545 e. The van der Waals surface area contributed by atoms with Crippen LogP contribution < -0.4 is 15.4 Å². The Bertz CT molecular complexity index is 1050. The maximum Gasteiger partial charge on any atom is 0.262 e. The maximum absolute atomic E-state index is 12.7. The highest BCUT2D eigenvalue weighted by molar-refractivity contribution is 7.71. The molecule has 1 aromatic heterocycles. The molecule has 0 amide bonds. The first-order valence-corrected chi connectivity index (χ1v) is 7.52. The summed E-state index contributed by atoms with van der Waals surface area (Å²) in [5, 5.41) is 11.3. The maximum atomic E-state index is 12.7. The number of aromatic carboxylic acids is 1. The van der Waals surface area contributed by atoms with Crippen LogP contribution in [0.5, 0.6) is 5.75 Å². The standard InChI is InChI=1S/C17H14N2O4S/c1-23-14-5-3-2-4-11(14)9-19-15(20)12-7-6-10(16(21)22)8-13(12)18-17(19)24/h2-8H,9H2,1H3,(H,18,24)(H,21,22)/p-1. The molecule has 24 heavy (non-hydrogen) atoms. The number of ether oxygens (including phenoxy) is 1. The van der Waals surface area contributed by atoms with Crippen molar-refractivity contribution in [2.24, 2.45) is 0 Å². The van der Waals surface area contributed by atoms with Crippen LogP contribution in [0.1, 0.15) is 15.9 Å². The lowest BCUT2D eigenvalue weighted by atomic mass is 10.1. The van der Waals surface area contributed by atoms with Gasteiger partial charge in [0.15, 0.2) is 4.77 Å². The molecule has 0 aliphatic rings. The Kier molecular flexibility index (Phi) is 4.18. The highest BCUT2D eigenvalue weighted by atomic mass is 32.1. The molecule has 0 aliphatic heterocycles. The van der Waals surface area contributed by atoms with E-state index in [1.54, 1.807) is 13.2 Å². The predicted molar refractivity (Wildman–Crippen MR) is 89.8 cm³/mol. The molecule has 2 aromatic carbocycles. The van der Waals surface area contributed by atoms with Crippen LogP contribution in [0.3, 0.4) is 0 Å². The number of hydrogen-bond acceptors (Lipinski definition) is 5. The highest BCUT2D eigenvalue weighted by Gasteiger charge is 2.09. The molecule has 0 fully saturated rings. The number of rotatable bonds is 4. The largest absolute Gasteiger partial charge is 0.545 e. The Balaban J connectivity index is 2.16. The molecule has 0 saturated heterocycles. The van der Waals surface area contributed by atoms with E-state index in [9.17, 15) is 14.7 Å². The molecule has 0 saturated carbocycles. The molecule has 1 heterocycles. The molecule has 0 radical (unpaired) electrons. The second-order valence-corrected chi connectivity index (χ2v) is 5.57. The van der Waals surface area contributed by atoms with E-state index in [1.165, 1.54) is 22.8 Å². The van der Waals surface area contributed by atoms with E-state index in [4.69, 9.17) is 17.0 Å². The Morgan fingerprint density at radius 1 is 1.29 bits per heavy atom. The van der Waals surface area contributed by atoms with Crippen molar-refractivity contribution in [3.8, 4) is 5.75 Å². The number of H-pyrrole nitrogens is 1. The van der Waals surface area contributed by atoms with Gasteiger partial charge in [-0.1, -0.05) is 24.3 Å². The smallest absolute Gasteiger partial charge is 0.262 e. The third-order valence-corrected chi connectivity index (χ3v) is 4.06. The van der Waals surface area contributed by atoms with Gasteiger partial charge in [-0.3, -0.25) is 9.36 Å². The number of fused-ring (bicyclic) bond motifs is 1. The van der Waals surface area contributed by atoms with Crippen molar-refractivity contribution in [1.29, 1.82) is 0 Å². The van der Waals surface area contributed by atoms with Crippen LogP contribution in [-0.2, 0) is 6.54 Å². The van der Waals surface area contributed by atoms with E-state index >= 15 is 0 Å². The number of carboxylic acids is 1. The zero-order valence-electron chi connectivity index (χ0n) is 12.7. The Labute approximate surface area is 142 Å². The Morgan fingerprint density at radius 3 is 2.75 bits per heavy atom. The van der Waals surface area contributed by atoms with Gasteiger partial charge in [0.05, 0.1) is 30.5 Å². The predicted octanol–water partition coefficient (Wildman–Crippen LogP) is 1.48. The number of benzene rings is 2. The fourth-order valence-electron chi connectivity index (χ4n) is 2.53. The van der Waals surface area contributed by atoms with Gasteiger partial charge >= 0.3 is 0 Å². The molecule has 7 heteroatoms.